The fourth-order valence-corrected chi connectivity index (χ4v) is 6.83. The van der Waals surface area contributed by atoms with Crippen LogP contribution < -0.4 is 5.32 Å². The normalized spacial score (nSPS) is 24.3. The molecule has 2 aliphatic heterocycles. The Kier molecular flexibility index (Phi) is 9.67. The van der Waals surface area contributed by atoms with Crippen LogP contribution in [0.4, 0.5) is 0 Å². The quantitative estimate of drug-likeness (QED) is 0.528. The summed E-state index contributed by atoms with van der Waals surface area (Å²) in [6, 6.07) is -0.0441. The van der Waals surface area contributed by atoms with Gasteiger partial charge in [-0.05, 0) is 51.9 Å². The monoisotopic (exact) mass is 507 g/mol. The summed E-state index contributed by atoms with van der Waals surface area (Å²) in [5, 5.41) is 10.8. The first-order valence-corrected chi connectivity index (χ1v) is 13.8. The molecule has 35 heavy (non-hydrogen) atoms. The molecule has 198 valence electrons. The van der Waals surface area contributed by atoms with E-state index >= 15 is 0 Å². The van der Waals surface area contributed by atoms with Crippen molar-refractivity contribution < 1.29 is 9.59 Å². The van der Waals surface area contributed by atoms with Crippen LogP contribution >= 0.6 is 12.4 Å². The number of aromatic amines is 1. The van der Waals surface area contributed by atoms with Crippen molar-refractivity contribution in [2.24, 2.45) is 5.92 Å². The van der Waals surface area contributed by atoms with Gasteiger partial charge in [0.05, 0.1) is 5.69 Å². The van der Waals surface area contributed by atoms with Gasteiger partial charge in [0, 0.05) is 36.9 Å². The number of piperazine rings is 1. The highest BCUT2D eigenvalue weighted by atomic mass is 35.5. The van der Waals surface area contributed by atoms with Crippen LogP contribution in [0.2, 0.25) is 0 Å². The van der Waals surface area contributed by atoms with Crippen LogP contribution in [0.5, 0.6) is 0 Å². The molecule has 2 amide bonds. The second-order valence-electron chi connectivity index (χ2n) is 10.9. The summed E-state index contributed by atoms with van der Waals surface area (Å²) in [6.45, 7) is 10.9. The number of carbonyl (C=O) groups excluding carboxylic acids is 2. The molecule has 0 bridgehead atoms. The van der Waals surface area contributed by atoms with E-state index < -0.39 is 5.54 Å². The minimum Gasteiger partial charge on any atom is -0.342 e. The van der Waals surface area contributed by atoms with Gasteiger partial charge >= 0.3 is 0 Å². The lowest BCUT2D eigenvalue weighted by Crippen LogP contribution is -2.73. The van der Waals surface area contributed by atoms with Crippen LogP contribution in [-0.2, 0) is 9.59 Å². The molecule has 1 aromatic heterocycles. The van der Waals surface area contributed by atoms with Crippen molar-refractivity contribution in [2.45, 2.75) is 116 Å². The van der Waals surface area contributed by atoms with Crippen molar-refractivity contribution in [2.75, 3.05) is 19.6 Å². The van der Waals surface area contributed by atoms with Crippen molar-refractivity contribution >= 4 is 24.2 Å². The lowest BCUT2D eigenvalue weighted by molar-refractivity contribution is -0.162. The number of nitrogens with one attached hydrogen (secondary N) is 2. The van der Waals surface area contributed by atoms with E-state index in [1.165, 1.54) is 37.7 Å². The fraction of sp³-hybridized carbons (Fsp3) is 0.815. The van der Waals surface area contributed by atoms with Crippen LogP contribution in [0, 0.1) is 19.8 Å². The number of amides is 2. The summed E-state index contributed by atoms with van der Waals surface area (Å²) in [5.74, 6) is 0.826. The molecule has 8 heteroatoms. The van der Waals surface area contributed by atoms with Gasteiger partial charge in [-0.2, -0.15) is 5.10 Å². The largest absolute Gasteiger partial charge is 0.342 e. The Balaban J connectivity index is 0.00000342. The number of hydrogen-bond donors (Lipinski definition) is 2. The number of rotatable bonds is 8. The van der Waals surface area contributed by atoms with Crippen molar-refractivity contribution in [1.29, 1.82) is 0 Å². The predicted octanol–water partition coefficient (Wildman–Crippen LogP) is 4.83. The second kappa shape index (κ2) is 12.1. The summed E-state index contributed by atoms with van der Waals surface area (Å²) in [7, 11) is 0. The predicted molar refractivity (Wildman–Crippen MR) is 142 cm³/mol. The minimum atomic E-state index is -0.690. The van der Waals surface area contributed by atoms with Gasteiger partial charge in [0.25, 0.3) is 0 Å². The van der Waals surface area contributed by atoms with E-state index in [-0.39, 0.29) is 30.3 Å². The Morgan fingerprint density at radius 1 is 1.09 bits per heavy atom. The average molecular weight is 508 g/mol. The smallest absolute Gasteiger partial charge is 0.246 e. The van der Waals surface area contributed by atoms with Gasteiger partial charge in [0.1, 0.15) is 11.6 Å². The molecule has 3 heterocycles. The maximum atomic E-state index is 13.8. The lowest BCUT2D eigenvalue weighted by Gasteiger charge is -2.53. The van der Waals surface area contributed by atoms with E-state index in [9.17, 15) is 9.59 Å². The van der Waals surface area contributed by atoms with Crippen LogP contribution in [0.25, 0.3) is 0 Å². The number of piperidine rings is 1. The standard InChI is InChI=1S/C27H45N5O2.ClH/c1-5-7-15-32-25(33)22(18-21-11-9-8-10-12-21)28-26(34)27(32)13-16-31(17-14-27)23(6-2)24-19(3)29-30-20(24)4;/h21-23H,5-18H2,1-4H3,(H,28,34)(H,29,30);1H/t22-,23?;/m0./s1. The third kappa shape index (κ3) is 5.56. The Labute approximate surface area is 217 Å². The van der Waals surface area contributed by atoms with Crippen LogP contribution in [-0.4, -0.2) is 63.0 Å². The van der Waals surface area contributed by atoms with Crippen LogP contribution in [0.15, 0.2) is 0 Å². The van der Waals surface area contributed by atoms with Gasteiger partial charge in [0.2, 0.25) is 11.8 Å². The van der Waals surface area contributed by atoms with E-state index in [2.05, 4.69) is 48.1 Å². The van der Waals surface area contributed by atoms with E-state index in [4.69, 9.17) is 0 Å². The number of carbonyl (C=O) groups is 2. The van der Waals surface area contributed by atoms with E-state index in [0.717, 1.165) is 50.2 Å². The van der Waals surface area contributed by atoms with Crippen molar-refractivity contribution in [3.63, 3.8) is 0 Å². The third-order valence-electron chi connectivity index (χ3n) is 8.81. The first-order chi connectivity index (χ1) is 16.4. The highest BCUT2D eigenvalue weighted by molar-refractivity contribution is 6.00. The molecule has 2 saturated heterocycles. The van der Waals surface area contributed by atoms with E-state index in [1.54, 1.807) is 0 Å². The molecular weight excluding hydrogens is 462 g/mol. The fourth-order valence-electron chi connectivity index (χ4n) is 6.83. The number of aryl methyl sites for hydroxylation is 2. The summed E-state index contributed by atoms with van der Waals surface area (Å²) in [4.78, 5) is 32.0. The van der Waals surface area contributed by atoms with Gasteiger partial charge < -0.3 is 10.2 Å². The molecule has 2 atom stereocenters. The molecule has 3 aliphatic rings. The molecule has 3 fully saturated rings. The molecule has 1 aromatic rings. The second-order valence-corrected chi connectivity index (χ2v) is 10.9. The Morgan fingerprint density at radius 2 is 1.77 bits per heavy atom. The van der Waals surface area contributed by atoms with Crippen molar-refractivity contribution in [3.05, 3.63) is 17.0 Å². The summed E-state index contributed by atoms with van der Waals surface area (Å²) in [6.07, 6.45) is 11.4. The van der Waals surface area contributed by atoms with E-state index in [1.807, 2.05) is 4.90 Å². The molecule has 4 rings (SSSR count). The van der Waals surface area contributed by atoms with Gasteiger partial charge in [0.15, 0.2) is 0 Å². The highest BCUT2D eigenvalue weighted by Crippen LogP contribution is 2.39. The Hall–Kier alpha value is -1.60. The molecular formula is C27H46ClN5O2. The van der Waals surface area contributed by atoms with Gasteiger partial charge in [-0.3, -0.25) is 19.6 Å². The number of hydrogen-bond acceptors (Lipinski definition) is 4. The average Bonchev–Trinajstić information content (AvgIpc) is 3.18. The molecule has 1 unspecified atom stereocenters. The number of aromatic nitrogens is 2. The van der Waals surface area contributed by atoms with Gasteiger partial charge in [-0.15, -0.1) is 12.4 Å². The van der Waals surface area contributed by atoms with Crippen LogP contribution in [0.1, 0.15) is 107 Å². The summed E-state index contributed by atoms with van der Waals surface area (Å²) in [5.41, 5.74) is 2.79. The first kappa shape index (κ1) is 28.0. The summed E-state index contributed by atoms with van der Waals surface area (Å²) >= 11 is 0. The van der Waals surface area contributed by atoms with Gasteiger partial charge in [-0.25, -0.2) is 0 Å². The maximum Gasteiger partial charge on any atom is 0.246 e. The Bertz CT molecular complexity index is 838. The SMILES string of the molecule is CCCCN1C(=O)[C@H](CC2CCCCC2)NC(=O)C12CCN(C(CC)c1c(C)n[nH]c1C)CC2.Cl. The Morgan fingerprint density at radius 3 is 2.34 bits per heavy atom. The number of halogens is 1. The molecule has 0 aromatic carbocycles. The highest BCUT2D eigenvalue weighted by Gasteiger charge is 2.54. The van der Waals surface area contributed by atoms with Crippen LogP contribution in [0.3, 0.4) is 0 Å². The zero-order valence-corrected chi connectivity index (χ0v) is 23.0. The maximum absolute atomic E-state index is 13.8. The molecule has 1 spiro atoms. The molecule has 0 radical (unpaired) electrons. The van der Waals surface area contributed by atoms with E-state index in [0.29, 0.717) is 31.3 Å². The molecule has 1 saturated carbocycles. The number of likely N-dealkylation sites (tertiary alicyclic amines) is 1. The molecule has 7 nitrogen and oxygen atoms in total. The van der Waals surface area contributed by atoms with Crippen molar-refractivity contribution in [1.82, 2.24) is 25.3 Å². The van der Waals surface area contributed by atoms with Crippen molar-refractivity contribution in [3.8, 4) is 0 Å². The zero-order chi connectivity index (χ0) is 24.3. The summed E-state index contributed by atoms with van der Waals surface area (Å²) < 4.78 is 0. The minimum absolute atomic E-state index is 0. The third-order valence-corrected chi connectivity index (χ3v) is 8.81. The topological polar surface area (TPSA) is 81.3 Å². The molecule has 1 aliphatic carbocycles. The zero-order valence-electron chi connectivity index (χ0n) is 22.2. The molecule has 2 N–H and O–H groups in total. The number of unbranched alkanes of at least 4 members (excludes halogenated alkanes) is 1. The first-order valence-electron chi connectivity index (χ1n) is 13.8. The number of H-pyrrole nitrogens is 1. The number of nitrogens with zero attached hydrogens (tertiary/aromatic N) is 3. The van der Waals surface area contributed by atoms with Gasteiger partial charge in [-0.1, -0.05) is 52.4 Å². The lowest BCUT2D eigenvalue weighted by atomic mass is 9.78.